The first kappa shape index (κ1) is 14.5. The van der Waals surface area contributed by atoms with Crippen LogP contribution in [0, 0.1) is 0 Å². The Morgan fingerprint density at radius 2 is 2.11 bits per heavy atom. The molecule has 2 unspecified atom stereocenters. The molecule has 0 saturated carbocycles. The number of benzene rings is 1. The molecule has 0 amide bonds. The maximum absolute atomic E-state index is 3.70. The van der Waals surface area contributed by atoms with Crippen LogP contribution >= 0.6 is 0 Å². The molecule has 1 aliphatic heterocycles. The van der Waals surface area contributed by atoms with E-state index in [-0.39, 0.29) is 0 Å². The highest BCUT2D eigenvalue weighted by Crippen LogP contribution is 2.21. The Kier molecular flexibility index (Phi) is 5.87. The molecule has 2 nitrogen and oxygen atoms in total. The fraction of sp³-hybridized carbons (Fsp3) is 0.647. The Balaban J connectivity index is 1.90. The van der Waals surface area contributed by atoms with E-state index in [9.17, 15) is 0 Å². The van der Waals surface area contributed by atoms with E-state index >= 15 is 0 Å². The van der Waals surface area contributed by atoms with Crippen molar-refractivity contribution in [1.29, 1.82) is 0 Å². The molecular weight excluding hydrogens is 232 g/mol. The smallest absolute Gasteiger partial charge is 0.0332 e. The van der Waals surface area contributed by atoms with E-state index in [2.05, 4.69) is 54.4 Å². The van der Waals surface area contributed by atoms with Gasteiger partial charge in [-0.25, -0.2) is 0 Å². The van der Waals surface area contributed by atoms with Crippen molar-refractivity contribution in [1.82, 2.24) is 10.2 Å². The summed E-state index contributed by atoms with van der Waals surface area (Å²) in [6.45, 7) is 8.21. The fourth-order valence-corrected chi connectivity index (χ4v) is 3.01. The first-order valence-corrected chi connectivity index (χ1v) is 7.83. The molecule has 1 fully saturated rings. The van der Waals surface area contributed by atoms with Gasteiger partial charge < -0.3 is 10.2 Å². The predicted octanol–water partition coefficient (Wildman–Crippen LogP) is 3.60. The summed E-state index contributed by atoms with van der Waals surface area (Å²) in [7, 11) is 0. The number of rotatable bonds is 7. The average Bonchev–Trinajstić information content (AvgIpc) is 2.85. The Morgan fingerprint density at radius 1 is 1.32 bits per heavy atom. The first-order chi connectivity index (χ1) is 9.31. The molecule has 19 heavy (non-hydrogen) atoms. The molecule has 2 atom stereocenters. The molecule has 0 radical (unpaired) electrons. The fourth-order valence-electron chi connectivity index (χ4n) is 3.01. The molecule has 1 saturated heterocycles. The predicted molar refractivity (Wildman–Crippen MR) is 82.4 cm³/mol. The van der Waals surface area contributed by atoms with E-state index in [0.717, 1.165) is 12.6 Å². The van der Waals surface area contributed by atoms with Gasteiger partial charge in [-0.05, 0) is 51.3 Å². The highest BCUT2D eigenvalue weighted by atomic mass is 15.2. The van der Waals surface area contributed by atoms with Crippen molar-refractivity contribution >= 4 is 0 Å². The Morgan fingerprint density at radius 3 is 2.74 bits per heavy atom. The van der Waals surface area contributed by atoms with E-state index in [1.807, 2.05) is 0 Å². The minimum absolute atomic E-state index is 0.508. The first-order valence-electron chi connectivity index (χ1n) is 7.83. The maximum atomic E-state index is 3.70. The summed E-state index contributed by atoms with van der Waals surface area (Å²) in [6, 6.07) is 12.2. The number of hydrogen-bond donors (Lipinski definition) is 1. The Labute approximate surface area is 118 Å². The summed E-state index contributed by atoms with van der Waals surface area (Å²) in [4.78, 5) is 2.64. The summed E-state index contributed by atoms with van der Waals surface area (Å²) in [5, 5.41) is 3.70. The molecule has 1 heterocycles. The monoisotopic (exact) mass is 260 g/mol. The van der Waals surface area contributed by atoms with Crippen molar-refractivity contribution in [2.24, 2.45) is 0 Å². The van der Waals surface area contributed by atoms with Gasteiger partial charge in [0, 0.05) is 18.6 Å². The van der Waals surface area contributed by atoms with Gasteiger partial charge in [0.25, 0.3) is 0 Å². The number of nitrogens with one attached hydrogen (secondary N) is 1. The summed E-state index contributed by atoms with van der Waals surface area (Å²) >= 11 is 0. The second kappa shape index (κ2) is 7.66. The minimum atomic E-state index is 0.508. The van der Waals surface area contributed by atoms with E-state index in [4.69, 9.17) is 0 Å². The minimum Gasteiger partial charge on any atom is -0.310 e. The number of nitrogens with zero attached hydrogens (tertiary/aromatic N) is 1. The lowest BCUT2D eigenvalue weighted by Crippen LogP contribution is -2.32. The van der Waals surface area contributed by atoms with E-state index in [1.54, 1.807) is 0 Å². The van der Waals surface area contributed by atoms with Crippen LogP contribution in [0.3, 0.4) is 0 Å². The van der Waals surface area contributed by atoms with Crippen molar-refractivity contribution in [3.63, 3.8) is 0 Å². The molecule has 1 aromatic rings. The van der Waals surface area contributed by atoms with Gasteiger partial charge in [-0.2, -0.15) is 0 Å². The molecule has 2 heteroatoms. The largest absolute Gasteiger partial charge is 0.310 e. The topological polar surface area (TPSA) is 15.3 Å². The van der Waals surface area contributed by atoms with Crippen LogP contribution in [0.15, 0.2) is 30.3 Å². The lowest BCUT2D eigenvalue weighted by Gasteiger charge is -2.25. The van der Waals surface area contributed by atoms with Gasteiger partial charge in [-0.3, -0.25) is 0 Å². The van der Waals surface area contributed by atoms with Crippen LogP contribution < -0.4 is 5.32 Å². The van der Waals surface area contributed by atoms with Gasteiger partial charge in [-0.15, -0.1) is 0 Å². The van der Waals surface area contributed by atoms with Crippen molar-refractivity contribution in [2.75, 3.05) is 19.6 Å². The van der Waals surface area contributed by atoms with Crippen LogP contribution in [-0.4, -0.2) is 30.6 Å². The normalized spacial score (nSPS) is 21.7. The quantitative estimate of drug-likeness (QED) is 0.806. The zero-order chi connectivity index (χ0) is 13.5. The second-order valence-corrected chi connectivity index (χ2v) is 5.73. The number of likely N-dealkylation sites (tertiary alicyclic amines) is 1. The van der Waals surface area contributed by atoms with Gasteiger partial charge in [0.2, 0.25) is 0 Å². The maximum Gasteiger partial charge on any atom is 0.0332 e. The lowest BCUT2D eigenvalue weighted by molar-refractivity contribution is 0.251. The Bertz CT molecular complexity index is 350. The van der Waals surface area contributed by atoms with Crippen LogP contribution in [0.25, 0.3) is 0 Å². The molecule has 2 rings (SSSR count). The average molecular weight is 260 g/mol. The van der Waals surface area contributed by atoms with Crippen molar-refractivity contribution in [3.05, 3.63) is 35.9 Å². The van der Waals surface area contributed by atoms with E-state index in [0.29, 0.717) is 6.04 Å². The number of hydrogen-bond acceptors (Lipinski definition) is 2. The van der Waals surface area contributed by atoms with Crippen molar-refractivity contribution in [3.8, 4) is 0 Å². The van der Waals surface area contributed by atoms with Gasteiger partial charge in [-0.1, -0.05) is 37.3 Å². The van der Waals surface area contributed by atoms with Crippen molar-refractivity contribution < 1.29 is 0 Å². The summed E-state index contributed by atoms with van der Waals surface area (Å²) in [6.07, 6.45) is 5.16. The molecule has 0 spiro atoms. The molecule has 106 valence electrons. The molecule has 1 aliphatic rings. The second-order valence-electron chi connectivity index (χ2n) is 5.73. The zero-order valence-electron chi connectivity index (χ0n) is 12.4. The molecule has 0 aliphatic carbocycles. The molecule has 0 bridgehead atoms. The van der Waals surface area contributed by atoms with Gasteiger partial charge >= 0.3 is 0 Å². The SMILES string of the molecule is CCCNC(CCN1CCCC1C)c1ccccc1. The van der Waals surface area contributed by atoms with Crippen LogP contribution in [0.2, 0.25) is 0 Å². The highest BCUT2D eigenvalue weighted by molar-refractivity contribution is 5.18. The third-order valence-electron chi connectivity index (χ3n) is 4.24. The summed E-state index contributed by atoms with van der Waals surface area (Å²) < 4.78 is 0. The third-order valence-corrected chi connectivity index (χ3v) is 4.24. The van der Waals surface area contributed by atoms with E-state index in [1.165, 1.54) is 44.3 Å². The third kappa shape index (κ3) is 4.32. The van der Waals surface area contributed by atoms with Crippen LogP contribution in [0.1, 0.15) is 51.1 Å². The molecular formula is C17H28N2. The summed E-state index contributed by atoms with van der Waals surface area (Å²) in [5.74, 6) is 0. The Hall–Kier alpha value is -0.860. The highest BCUT2D eigenvalue weighted by Gasteiger charge is 2.21. The molecule has 1 aromatic carbocycles. The molecule has 0 aromatic heterocycles. The van der Waals surface area contributed by atoms with Gasteiger partial charge in [0.15, 0.2) is 0 Å². The van der Waals surface area contributed by atoms with Crippen LogP contribution in [0.4, 0.5) is 0 Å². The van der Waals surface area contributed by atoms with Crippen LogP contribution in [0.5, 0.6) is 0 Å². The van der Waals surface area contributed by atoms with Gasteiger partial charge in [0.05, 0.1) is 0 Å². The zero-order valence-corrected chi connectivity index (χ0v) is 12.4. The van der Waals surface area contributed by atoms with Crippen molar-refractivity contribution in [2.45, 2.75) is 51.6 Å². The van der Waals surface area contributed by atoms with E-state index < -0.39 is 0 Å². The van der Waals surface area contributed by atoms with Gasteiger partial charge in [0.1, 0.15) is 0 Å². The van der Waals surface area contributed by atoms with Crippen LogP contribution in [-0.2, 0) is 0 Å². The summed E-state index contributed by atoms with van der Waals surface area (Å²) in [5.41, 5.74) is 1.43. The standard InChI is InChI=1S/C17H28N2/c1-3-12-18-17(16-9-5-4-6-10-16)11-14-19-13-7-8-15(19)2/h4-6,9-10,15,17-18H,3,7-8,11-14H2,1-2H3. The lowest BCUT2D eigenvalue weighted by atomic mass is 10.0. The molecule has 1 N–H and O–H groups in total.